The standard InChI is InChI=1S/C28H25N3O3.C19H19N3O.2C18H15P.C14H21BO3.C14H20O3.C11H10BrN3.2ClH.Pd/c1-34-18-21-7-11-22(12-8-21)26-17-31-27(24(29-26)15-19-5-3-2-4-6-19)30-25(28(31)33)16-20-9-13-23(32)14-10-20;1-23-13-15-7-9-16(10-8-15)18-12-21-19(20)17(22-18)11-14-5-3-2-4-6-14;2*1-4-10-16(11-5-1)19(17-12-6-2-7-13-17)18-14-8-3-9-15-18;1-13(2)14(3,4)18-15(17-13)12-8-6-11(7-9-12)10-16-5;1-4-16-14(17-5-2)13(15)10-12-8-6-11(3)7-9-12;12-10-7-14-11(13)9(15-10)6-8-4-2-1-3-5-8;;;/h2-14,17,32-33H,15-16,18H2,1H3;2-10,12H,11,13H2,1H3,(H2,20,21);2*1-15H;6-9H,10H2,1-5H3;6-9,14H,4-5,10H2,1-3H3;1-5,7H,6H2,(H2,13,14);2*1H;/q;;;;;;;;;+2/p-2. The van der Waals surface area contributed by atoms with E-state index < -0.39 is 22.1 Å². The number of fused-ring (bicyclic) bond motifs is 1. The van der Waals surface area contributed by atoms with Crippen molar-refractivity contribution in [2.24, 2.45) is 0 Å². The molecule has 0 bridgehead atoms. The van der Waals surface area contributed by atoms with Gasteiger partial charge < -0.3 is 54.7 Å². The van der Waals surface area contributed by atoms with Crippen molar-refractivity contribution in [2.45, 2.75) is 118 Å². The molecular weight excluding hydrogens is 2080 g/mol. The summed E-state index contributed by atoms with van der Waals surface area (Å²) >= 11 is 3.17. The molecule has 19 rings (SSSR count). The second-order valence-corrected chi connectivity index (χ2v) is 42.8. The van der Waals surface area contributed by atoms with Gasteiger partial charge in [0.15, 0.2) is 11.4 Å². The molecule has 0 spiro atoms. The van der Waals surface area contributed by atoms with Crippen molar-refractivity contribution in [1.82, 2.24) is 34.3 Å². The summed E-state index contributed by atoms with van der Waals surface area (Å²) in [5.41, 5.74) is 29.3. The van der Waals surface area contributed by atoms with Crippen LogP contribution >= 0.6 is 50.8 Å². The van der Waals surface area contributed by atoms with Crippen molar-refractivity contribution in [3.05, 3.63) is 490 Å². The number of rotatable bonds is 30. The molecule has 0 radical (unpaired) electrons. The van der Waals surface area contributed by atoms with Crippen molar-refractivity contribution in [3.8, 4) is 34.1 Å². The number of methoxy groups -OCH3 is 3. The van der Waals surface area contributed by atoms with E-state index in [9.17, 15) is 15.0 Å². The van der Waals surface area contributed by atoms with Gasteiger partial charge in [-0.1, -0.05) is 388 Å². The van der Waals surface area contributed by atoms with Crippen LogP contribution in [0.2, 0.25) is 0 Å². The Bertz CT molecular complexity index is 6640. The first-order valence-electron chi connectivity index (χ1n) is 48.5. The predicted octanol–water partition coefficient (Wildman–Crippen LogP) is 23.9. The first-order chi connectivity index (χ1) is 72.0. The summed E-state index contributed by atoms with van der Waals surface area (Å²) in [7, 11) is 13.5. The first-order valence-corrected chi connectivity index (χ1v) is 56.0. The molecule has 0 amide bonds. The van der Waals surface area contributed by atoms with Gasteiger partial charge in [-0.2, -0.15) is 0 Å². The zero-order chi connectivity index (χ0) is 105. The summed E-state index contributed by atoms with van der Waals surface area (Å²) in [6.07, 6.45) is 7.19. The summed E-state index contributed by atoms with van der Waals surface area (Å²) in [4.78, 5) is 39.0. The topological polar surface area (TPSA) is 256 Å². The number of hydrogen-bond donors (Lipinski definition) is 4. The Morgan fingerprint density at radius 1 is 0.405 bits per heavy atom. The Morgan fingerprint density at radius 3 is 1.09 bits per heavy atom. The molecule has 5 heterocycles. The smallest absolute Gasteiger partial charge is 0.0134 e. The molecule has 19 nitrogen and oxygen atoms in total. The van der Waals surface area contributed by atoms with Crippen LogP contribution in [0.4, 0.5) is 11.6 Å². The normalized spacial score (nSPS) is 12.0. The van der Waals surface area contributed by atoms with Gasteiger partial charge in [0.1, 0.15) is 27.7 Å². The molecule has 14 aromatic carbocycles. The number of imidazole rings is 1. The predicted molar refractivity (Wildman–Crippen MR) is 608 cm³/mol. The summed E-state index contributed by atoms with van der Waals surface area (Å²) in [5, 5.41) is 29.0. The number of nitrogens with zero attached hydrogens (tertiary/aromatic N) is 7. The number of aromatic hydroxyl groups is 2. The second-order valence-electron chi connectivity index (χ2n) is 35.2. The molecule has 762 valence electrons. The van der Waals surface area contributed by atoms with E-state index in [2.05, 4.69) is 265 Å². The summed E-state index contributed by atoms with van der Waals surface area (Å²) in [6.45, 7) is 16.7. The van der Waals surface area contributed by atoms with Gasteiger partial charge in [0.05, 0.1) is 71.9 Å². The van der Waals surface area contributed by atoms with Crippen molar-refractivity contribution >= 4 is 118 Å². The quantitative estimate of drug-likeness (QED) is 0.0185. The van der Waals surface area contributed by atoms with E-state index in [0.29, 0.717) is 92.7 Å². The van der Waals surface area contributed by atoms with E-state index in [1.807, 2.05) is 203 Å². The van der Waals surface area contributed by atoms with Gasteiger partial charge in [0.25, 0.3) is 0 Å². The molecule has 1 fully saturated rings. The molecule has 0 saturated carbocycles. The molecule has 1 saturated heterocycles. The molecule has 1 aliphatic heterocycles. The number of aryl methyl sites for hydroxylation is 1. The Morgan fingerprint density at radius 2 is 0.716 bits per heavy atom. The SMILES string of the molecule is CCOC(OCC)C(=O)Cc1ccc(C)cc1.COCc1ccc(-c2cn3c(O)c(Cc4ccc(O)cc4)nc3c(Cc3ccccc3)n2)cc1.COCc1ccc(-c2cnc(N)c(Cc3ccccc3)n2)cc1.COCc1ccc(B2OC(C)(C)C(C)(C)O2)cc1.Nc1ncc(Br)nc1Cc1ccccc1.[Cl][Pd][Cl].c1ccc(P(c2ccccc2)c2ccccc2)cc1.c1ccc(P(c2ccccc2)c2ccccc2)cc1. The number of phenols is 1. The number of benzene rings is 14. The fourth-order valence-electron chi connectivity index (χ4n) is 15.6. The molecule has 18 aromatic rings. The largest absolute Gasteiger partial charge is 0.0622 e. The third-order valence-electron chi connectivity index (χ3n) is 23.8. The maximum atomic E-state index is 11.9. The second kappa shape index (κ2) is 59.9. The van der Waals surface area contributed by atoms with Crippen LogP contribution in [0, 0.1) is 6.92 Å². The van der Waals surface area contributed by atoms with Crippen molar-refractivity contribution in [1.29, 1.82) is 0 Å². The van der Waals surface area contributed by atoms with Crippen LogP contribution < -0.4 is 48.8 Å². The van der Waals surface area contributed by atoms with E-state index >= 15 is 0 Å². The van der Waals surface area contributed by atoms with Gasteiger partial charge in [0, 0.05) is 84.0 Å². The minimum atomic E-state index is -0.730. The number of hydrogen-bond acceptors (Lipinski definition) is 18. The fourth-order valence-corrected chi connectivity index (χ4v) is 20.5. The molecule has 26 heteroatoms. The molecular formula is C122H125BBrCl2N9O10P2Pd. The number of nitrogen functional groups attached to an aromatic ring is 2. The van der Waals surface area contributed by atoms with Crippen LogP contribution in [0.3, 0.4) is 0 Å². The van der Waals surface area contributed by atoms with Crippen LogP contribution in [0.25, 0.3) is 28.2 Å². The minimum absolute atomic E-state index is 0.0300. The van der Waals surface area contributed by atoms with Crippen molar-refractivity contribution in [3.63, 3.8) is 0 Å². The number of ketones is 1. The monoisotopic (exact) mass is 2200 g/mol. The molecule has 148 heavy (non-hydrogen) atoms. The van der Waals surface area contributed by atoms with Crippen LogP contribution in [0.5, 0.6) is 11.6 Å². The van der Waals surface area contributed by atoms with Crippen LogP contribution in [-0.2, 0) is 106 Å². The van der Waals surface area contributed by atoms with Gasteiger partial charge in [-0.15, -0.1) is 0 Å². The molecule has 0 atom stereocenters. The third kappa shape index (κ3) is 35.1. The van der Waals surface area contributed by atoms with Crippen LogP contribution in [0.15, 0.2) is 418 Å². The number of carbonyl (C=O) groups excluding carboxylic acids is 1. The minimum Gasteiger partial charge on any atom is -0.0622 e. The molecule has 0 aliphatic carbocycles. The Balaban J connectivity index is 0.000000155. The van der Waals surface area contributed by atoms with Crippen molar-refractivity contribution in [2.75, 3.05) is 46.0 Å². The van der Waals surface area contributed by atoms with Crippen LogP contribution in [-0.4, -0.2) is 109 Å². The summed E-state index contributed by atoms with van der Waals surface area (Å²) < 4.78 is 40.4. The van der Waals surface area contributed by atoms with Gasteiger partial charge >= 0.3 is 42.1 Å². The van der Waals surface area contributed by atoms with Crippen LogP contribution in [0.1, 0.15) is 114 Å². The van der Waals surface area contributed by atoms with Crippen molar-refractivity contribution < 1.29 is 63.9 Å². The zero-order valence-electron chi connectivity index (χ0n) is 84.8. The Labute approximate surface area is 897 Å². The Kier molecular flexibility index (Phi) is 46.1. The summed E-state index contributed by atoms with van der Waals surface area (Å²) in [5.74, 6) is 1.24. The Hall–Kier alpha value is -12.9. The number of aromatic nitrogens is 7. The number of carbonyl (C=O) groups is 1. The summed E-state index contributed by atoms with van der Waals surface area (Å²) in [6, 6.07) is 134. The van der Waals surface area contributed by atoms with E-state index in [1.54, 1.807) is 50.3 Å². The first kappa shape index (κ1) is 114. The third-order valence-corrected chi connectivity index (χ3v) is 29.1. The fraction of sp³-hybridized carbons (Fsp3) is 0.189. The number of phenolic OH excluding ortho intramolecular Hbond substituents is 1. The number of Topliss-reactive ketones (excluding diaryl/α,β-unsaturated/α-hetero) is 1. The maximum Gasteiger partial charge on any atom is -0.0134 e. The van der Waals surface area contributed by atoms with Gasteiger partial charge in [-0.3, -0.25) is 9.20 Å². The van der Waals surface area contributed by atoms with Gasteiger partial charge in [0.2, 0.25) is 12.2 Å². The molecule has 4 aromatic heterocycles. The average Bonchev–Trinajstić information content (AvgIpc) is 1.63. The number of nitrogens with two attached hydrogens (primary N) is 2. The van der Waals surface area contributed by atoms with E-state index in [4.69, 9.17) is 78.5 Å². The zero-order valence-corrected chi connectivity index (χ0v) is 91.2. The van der Waals surface area contributed by atoms with Gasteiger partial charge in [-0.25, -0.2) is 29.9 Å². The van der Waals surface area contributed by atoms with E-state index in [-0.39, 0.29) is 51.7 Å². The average molecular weight is 2210 g/mol. The number of halogens is 3. The molecule has 6 N–H and O–H groups in total. The number of anilines is 2. The molecule has 0 unspecified atom stereocenters. The molecule has 1 aliphatic rings. The van der Waals surface area contributed by atoms with Gasteiger partial charge in [-0.05, 0) is 174 Å². The maximum absolute atomic E-state index is 11.9. The van der Waals surface area contributed by atoms with E-state index in [1.165, 1.54) is 48.5 Å². The number of ether oxygens (including phenoxy) is 5. The van der Waals surface area contributed by atoms with E-state index in [0.717, 1.165) is 78.4 Å².